The highest BCUT2D eigenvalue weighted by Gasteiger charge is 2.21. The van der Waals surface area contributed by atoms with Gasteiger partial charge in [-0.3, -0.25) is 14.8 Å². The zero-order valence-electron chi connectivity index (χ0n) is 13.1. The first-order valence-corrected chi connectivity index (χ1v) is 8.57. The molecule has 122 valence electrons. The molecule has 6 nitrogen and oxygen atoms in total. The van der Waals surface area contributed by atoms with Crippen LogP contribution in [0.4, 0.5) is 11.4 Å². The number of nitro benzene ring substituents is 1. The van der Waals surface area contributed by atoms with Gasteiger partial charge in [0, 0.05) is 11.6 Å². The zero-order chi connectivity index (χ0) is 17.2. The van der Waals surface area contributed by atoms with Crippen molar-refractivity contribution in [2.75, 3.05) is 4.72 Å². The molecule has 2 aromatic rings. The topological polar surface area (TPSA) is 89.3 Å². The van der Waals surface area contributed by atoms with Crippen LogP contribution in [0.25, 0.3) is 0 Å². The molecule has 0 saturated heterocycles. The fourth-order valence-corrected chi connectivity index (χ4v) is 3.36. The van der Waals surface area contributed by atoms with Gasteiger partial charge in [-0.1, -0.05) is 38.1 Å². The maximum Gasteiger partial charge on any atom is 0.273 e. The molecule has 2 aromatic carbocycles. The quantitative estimate of drug-likeness (QED) is 0.665. The Kier molecular flexibility index (Phi) is 4.70. The largest absolute Gasteiger partial charge is 0.279 e. The predicted octanol–water partition coefficient (Wildman–Crippen LogP) is 3.83. The normalized spacial score (nSPS) is 11.5. The molecular weight excluding hydrogens is 316 g/mol. The molecule has 23 heavy (non-hydrogen) atoms. The van der Waals surface area contributed by atoms with Crippen LogP contribution in [0, 0.1) is 17.0 Å². The van der Waals surface area contributed by atoms with E-state index in [1.54, 1.807) is 19.1 Å². The van der Waals surface area contributed by atoms with Crippen molar-refractivity contribution in [3.05, 3.63) is 63.7 Å². The van der Waals surface area contributed by atoms with E-state index in [1.165, 1.54) is 12.1 Å². The molecule has 7 heteroatoms. The van der Waals surface area contributed by atoms with E-state index in [0.717, 1.165) is 11.6 Å². The highest BCUT2D eigenvalue weighted by Crippen LogP contribution is 2.28. The van der Waals surface area contributed by atoms with Crippen molar-refractivity contribution in [2.24, 2.45) is 0 Å². The molecule has 0 heterocycles. The zero-order valence-corrected chi connectivity index (χ0v) is 13.9. The van der Waals surface area contributed by atoms with E-state index in [0.29, 0.717) is 11.3 Å². The Bertz CT molecular complexity index is 845. The summed E-state index contributed by atoms with van der Waals surface area (Å²) in [6.07, 6.45) is 0. The SMILES string of the molecule is Cc1ccc(S(=O)(=O)Nc2ccccc2C(C)C)cc1[N+](=O)[O-]. The summed E-state index contributed by atoms with van der Waals surface area (Å²) in [7, 11) is -3.90. The molecule has 0 aliphatic rings. The first kappa shape index (κ1) is 17.0. The van der Waals surface area contributed by atoms with Gasteiger partial charge >= 0.3 is 0 Å². The van der Waals surface area contributed by atoms with Crippen LogP contribution < -0.4 is 4.72 Å². The lowest BCUT2D eigenvalue weighted by atomic mass is 10.0. The average molecular weight is 334 g/mol. The van der Waals surface area contributed by atoms with E-state index in [9.17, 15) is 18.5 Å². The number of nitrogens with one attached hydrogen (secondary N) is 1. The number of benzene rings is 2. The lowest BCUT2D eigenvalue weighted by molar-refractivity contribution is -0.385. The molecule has 0 radical (unpaired) electrons. The van der Waals surface area contributed by atoms with E-state index >= 15 is 0 Å². The lowest BCUT2D eigenvalue weighted by Crippen LogP contribution is -2.15. The number of hydrogen-bond acceptors (Lipinski definition) is 4. The molecular formula is C16H18N2O4S. The number of anilines is 1. The Balaban J connectivity index is 2.45. The van der Waals surface area contributed by atoms with Crippen molar-refractivity contribution in [3.8, 4) is 0 Å². The second-order valence-corrected chi connectivity index (χ2v) is 7.24. The molecule has 0 spiro atoms. The van der Waals surface area contributed by atoms with Gasteiger partial charge in [-0.2, -0.15) is 0 Å². The van der Waals surface area contributed by atoms with Crippen LogP contribution in [0.1, 0.15) is 30.9 Å². The number of hydrogen-bond donors (Lipinski definition) is 1. The Labute approximate surface area is 135 Å². The Morgan fingerprint density at radius 2 is 1.78 bits per heavy atom. The summed E-state index contributed by atoms with van der Waals surface area (Å²) < 4.78 is 27.6. The minimum absolute atomic E-state index is 0.131. The fraction of sp³-hybridized carbons (Fsp3) is 0.250. The van der Waals surface area contributed by atoms with Gasteiger partial charge in [0.25, 0.3) is 15.7 Å². The van der Waals surface area contributed by atoms with Crippen molar-refractivity contribution in [2.45, 2.75) is 31.6 Å². The Morgan fingerprint density at radius 3 is 2.39 bits per heavy atom. The second-order valence-electron chi connectivity index (χ2n) is 5.55. The van der Waals surface area contributed by atoms with Crippen LogP contribution in [0.15, 0.2) is 47.4 Å². The fourth-order valence-electron chi connectivity index (χ4n) is 2.25. The third kappa shape index (κ3) is 3.68. The summed E-state index contributed by atoms with van der Waals surface area (Å²) in [6.45, 7) is 5.49. The summed E-state index contributed by atoms with van der Waals surface area (Å²) >= 11 is 0. The maximum absolute atomic E-state index is 12.5. The summed E-state index contributed by atoms with van der Waals surface area (Å²) in [5.74, 6) is 0.140. The summed E-state index contributed by atoms with van der Waals surface area (Å²) in [5.41, 5.74) is 1.53. The van der Waals surface area contributed by atoms with Gasteiger partial charge in [-0.05, 0) is 30.5 Å². The van der Waals surface area contributed by atoms with E-state index in [1.807, 2.05) is 26.0 Å². The van der Waals surface area contributed by atoms with Gasteiger partial charge < -0.3 is 0 Å². The van der Waals surface area contributed by atoms with Crippen molar-refractivity contribution in [1.29, 1.82) is 0 Å². The van der Waals surface area contributed by atoms with Crippen LogP contribution in [0.3, 0.4) is 0 Å². The van der Waals surface area contributed by atoms with Crippen LogP contribution >= 0.6 is 0 Å². The maximum atomic E-state index is 12.5. The minimum atomic E-state index is -3.90. The molecule has 0 unspecified atom stereocenters. The predicted molar refractivity (Wildman–Crippen MR) is 89.2 cm³/mol. The monoisotopic (exact) mass is 334 g/mol. The molecule has 0 saturated carbocycles. The number of aryl methyl sites for hydroxylation is 1. The highest BCUT2D eigenvalue weighted by molar-refractivity contribution is 7.92. The molecule has 2 rings (SSSR count). The standard InChI is InChI=1S/C16H18N2O4S/c1-11(2)14-6-4-5-7-15(14)17-23(21,22)13-9-8-12(3)16(10-13)18(19)20/h4-11,17H,1-3H3. The lowest BCUT2D eigenvalue weighted by Gasteiger charge is -2.15. The Hall–Kier alpha value is -2.41. The molecule has 0 bridgehead atoms. The minimum Gasteiger partial charge on any atom is -0.279 e. The number of sulfonamides is 1. The van der Waals surface area contributed by atoms with Crippen molar-refractivity contribution >= 4 is 21.4 Å². The molecule has 0 aliphatic heterocycles. The third-order valence-corrected chi connectivity index (χ3v) is 4.88. The number of nitrogens with zero attached hydrogens (tertiary/aromatic N) is 1. The Morgan fingerprint density at radius 1 is 1.13 bits per heavy atom. The highest BCUT2D eigenvalue weighted by atomic mass is 32.2. The number of para-hydroxylation sites is 1. The van der Waals surface area contributed by atoms with Crippen LogP contribution in [0.2, 0.25) is 0 Å². The van der Waals surface area contributed by atoms with Crippen LogP contribution in [-0.2, 0) is 10.0 Å². The summed E-state index contributed by atoms with van der Waals surface area (Å²) in [4.78, 5) is 10.3. The molecule has 0 aliphatic carbocycles. The molecule has 0 atom stereocenters. The van der Waals surface area contributed by atoms with Crippen molar-refractivity contribution in [1.82, 2.24) is 0 Å². The second kappa shape index (κ2) is 6.37. The third-order valence-electron chi connectivity index (χ3n) is 3.51. The van der Waals surface area contributed by atoms with Crippen LogP contribution in [-0.4, -0.2) is 13.3 Å². The van der Waals surface area contributed by atoms with Gasteiger partial charge in [0.05, 0.1) is 15.5 Å². The van der Waals surface area contributed by atoms with Gasteiger partial charge in [-0.25, -0.2) is 8.42 Å². The number of nitro groups is 1. The van der Waals surface area contributed by atoms with Gasteiger partial charge in [0.2, 0.25) is 0 Å². The van der Waals surface area contributed by atoms with Crippen LogP contribution in [0.5, 0.6) is 0 Å². The first-order valence-electron chi connectivity index (χ1n) is 7.09. The van der Waals surface area contributed by atoms with E-state index in [-0.39, 0.29) is 16.5 Å². The summed E-state index contributed by atoms with van der Waals surface area (Å²) in [6, 6.07) is 11.0. The smallest absolute Gasteiger partial charge is 0.273 e. The molecule has 0 aromatic heterocycles. The van der Waals surface area contributed by atoms with Crippen molar-refractivity contribution in [3.63, 3.8) is 0 Å². The molecule has 0 fully saturated rings. The summed E-state index contributed by atoms with van der Waals surface area (Å²) in [5, 5.41) is 11.0. The number of rotatable bonds is 5. The van der Waals surface area contributed by atoms with Crippen molar-refractivity contribution < 1.29 is 13.3 Å². The van der Waals surface area contributed by atoms with Gasteiger partial charge in [-0.15, -0.1) is 0 Å². The molecule has 1 N–H and O–H groups in total. The van der Waals surface area contributed by atoms with E-state index < -0.39 is 14.9 Å². The van der Waals surface area contributed by atoms with Gasteiger partial charge in [0.1, 0.15) is 0 Å². The van der Waals surface area contributed by atoms with Gasteiger partial charge in [0.15, 0.2) is 0 Å². The van der Waals surface area contributed by atoms with E-state index in [2.05, 4.69) is 4.72 Å². The first-order chi connectivity index (χ1) is 10.7. The van der Waals surface area contributed by atoms with E-state index in [4.69, 9.17) is 0 Å². The average Bonchev–Trinajstić information content (AvgIpc) is 2.47. The molecule has 0 amide bonds.